The average molecular weight is 276 g/mol. The summed E-state index contributed by atoms with van der Waals surface area (Å²) < 4.78 is 43.4. The number of aliphatic hydroxyl groups is 1. The van der Waals surface area contributed by atoms with E-state index in [1.807, 2.05) is 6.92 Å². The van der Waals surface area contributed by atoms with Crippen molar-refractivity contribution in [1.82, 2.24) is 0 Å². The molecule has 0 spiro atoms. The largest absolute Gasteiger partial charge is 0.466 e. The van der Waals surface area contributed by atoms with Crippen molar-refractivity contribution in [2.24, 2.45) is 0 Å². The van der Waals surface area contributed by atoms with E-state index < -0.39 is 29.5 Å². The van der Waals surface area contributed by atoms with Crippen molar-refractivity contribution in [3.63, 3.8) is 0 Å². The van der Waals surface area contributed by atoms with Crippen LogP contribution in [0.5, 0.6) is 0 Å². The molecule has 1 aromatic carbocycles. The van der Waals surface area contributed by atoms with Crippen molar-refractivity contribution in [1.29, 1.82) is 0 Å². The number of hydrogen-bond donors (Lipinski definition) is 1. The van der Waals surface area contributed by atoms with Crippen LogP contribution in [0.25, 0.3) is 0 Å². The first-order valence-electron chi connectivity index (χ1n) is 5.93. The van der Waals surface area contributed by atoms with Crippen molar-refractivity contribution in [2.75, 3.05) is 6.61 Å². The summed E-state index contributed by atoms with van der Waals surface area (Å²) >= 11 is 0. The van der Waals surface area contributed by atoms with Gasteiger partial charge in [0.15, 0.2) is 17.5 Å². The van der Waals surface area contributed by atoms with E-state index in [0.29, 0.717) is 18.6 Å². The Hall–Kier alpha value is -1.56. The monoisotopic (exact) mass is 276 g/mol. The maximum Gasteiger partial charge on any atom is 0.305 e. The number of benzene rings is 1. The molecule has 1 atom stereocenters. The summed E-state index contributed by atoms with van der Waals surface area (Å²) in [5, 5.41) is 9.67. The smallest absolute Gasteiger partial charge is 0.305 e. The molecule has 19 heavy (non-hydrogen) atoms. The van der Waals surface area contributed by atoms with Crippen LogP contribution in [0.3, 0.4) is 0 Å². The molecule has 1 aromatic rings. The molecule has 0 amide bonds. The number of hydrogen-bond acceptors (Lipinski definition) is 3. The fourth-order valence-electron chi connectivity index (χ4n) is 1.48. The van der Waals surface area contributed by atoms with Gasteiger partial charge in [-0.05, 0) is 30.5 Å². The lowest BCUT2D eigenvalue weighted by Gasteiger charge is -2.11. The highest BCUT2D eigenvalue weighted by atomic mass is 19.2. The summed E-state index contributed by atoms with van der Waals surface area (Å²) in [6, 6.07) is 1.42. The molecule has 0 aliphatic heterocycles. The molecule has 1 N–H and O–H groups in total. The molecule has 0 saturated heterocycles. The van der Waals surface area contributed by atoms with Gasteiger partial charge in [-0.15, -0.1) is 0 Å². The molecule has 0 bridgehead atoms. The van der Waals surface area contributed by atoms with Crippen LogP contribution < -0.4 is 0 Å². The first-order chi connectivity index (χ1) is 8.95. The van der Waals surface area contributed by atoms with E-state index in [2.05, 4.69) is 0 Å². The van der Waals surface area contributed by atoms with Gasteiger partial charge in [-0.2, -0.15) is 0 Å². The van der Waals surface area contributed by atoms with Crippen molar-refractivity contribution >= 4 is 5.97 Å². The van der Waals surface area contributed by atoms with Crippen LogP contribution in [0.4, 0.5) is 13.2 Å². The molecule has 0 heterocycles. The number of ether oxygens (including phenoxy) is 1. The quantitative estimate of drug-likeness (QED) is 0.642. The summed E-state index contributed by atoms with van der Waals surface area (Å²) in [5.41, 5.74) is -0.111. The summed E-state index contributed by atoms with van der Waals surface area (Å²) in [5.74, 6) is -4.83. The van der Waals surface area contributed by atoms with Gasteiger partial charge in [0.25, 0.3) is 0 Å². The number of esters is 1. The molecule has 6 heteroatoms. The predicted octanol–water partition coefficient (Wildman–Crippen LogP) is 2.87. The Balaban J connectivity index is 2.59. The van der Waals surface area contributed by atoms with Crippen LogP contribution in [0.2, 0.25) is 0 Å². The molecule has 1 unspecified atom stereocenters. The van der Waals surface area contributed by atoms with Gasteiger partial charge in [-0.1, -0.05) is 6.92 Å². The Morgan fingerprint density at radius 1 is 1.32 bits per heavy atom. The topological polar surface area (TPSA) is 46.5 Å². The lowest BCUT2D eigenvalue weighted by atomic mass is 10.0. The molecule has 0 aliphatic rings. The summed E-state index contributed by atoms with van der Waals surface area (Å²) in [7, 11) is 0. The maximum atomic E-state index is 12.9. The molecule has 106 valence electrons. The van der Waals surface area contributed by atoms with Gasteiger partial charge < -0.3 is 9.84 Å². The molecule has 0 saturated carbocycles. The highest BCUT2D eigenvalue weighted by molar-refractivity contribution is 5.69. The molecular formula is C13H15F3O3. The van der Waals surface area contributed by atoms with Crippen molar-refractivity contribution < 1.29 is 27.8 Å². The van der Waals surface area contributed by atoms with E-state index in [1.54, 1.807) is 0 Å². The summed E-state index contributed by atoms with van der Waals surface area (Å²) in [6.45, 7) is 2.13. The van der Waals surface area contributed by atoms with Crippen LogP contribution in [0, 0.1) is 17.5 Å². The standard InChI is InChI=1S/C13H15F3O3/c1-2-5-19-12(18)4-3-11(17)8-6-9(14)13(16)10(15)7-8/h6-7,11,17H,2-5H2,1H3. The van der Waals surface area contributed by atoms with Crippen LogP contribution in [-0.4, -0.2) is 17.7 Å². The van der Waals surface area contributed by atoms with Crippen LogP contribution in [0.1, 0.15) is 37.9 Å². The predicted molar refractivity (Wildman–Crippen MR) is 61.8 cm³/mol. The Bertz CT molecular complexity index is 426. The third-order valence-corrected chi connectivity index (χ3v) is 2.48. The van der Waals surface area contributed by atoms with E-state index in [9.17, 15) is 23.1 Å². The zero-order chi connectivity index (χ0) is 14.4. The Kier molecular flexibility index (Phi) is 5.82. The zero-order valence-electron chi connectivity index (χ0n) is 10.5. The summed E-state index contributed by atoms with van der Waals surface area (Å²) in [4.78, 5) is 11.2. The van der Waals surface area contributed by atoms with E-state index >= 15 is 0 Å². The van der Waals surface area contributed by atoms with E-state index in [4.69, 9.17) is 4.74 Å². The number of rotatable bonds is 6. The second kappa shape index (κ2) is 7.13. The van der Waals surface area contributed by atoms with Gasteiger partial charge in [-0.25, -0.2) is 13.2 Å². The van der Waals surface area contributed by atoms with Gasteiger partial charge >= 0.3 is 5.97 Å². The SMILES string of the molecule is CCCOC(=O)CCC(O)c1cc(F)c(F)c(F)c1. The molecule has 0 aromatic heterocycles. The molecule has 0 radical (unpaired) electrons. The van der Waals surface area contributed by atoms with Gasteiger partial charge in [0.2, 0.25) is 0 Å². The Labute approximate surface area is 109 Å². The van der Waals surface area contributed by atoms with E-state index in [1.165, 1.54) is 0 Å². The molecule has 1 rings (SSSR count). The van der Waals surface area contributed by atoms with Crippen LogP contribution in [-0.2, 0) is 9.53 Å². The fraction of sp³-hybridized carbons (Fsp3) is 0.462. The lowest BCUT2D eigenvalue weighted by molar-refractivity contribution is -0.144. The zero-order valence-corrected chi connectivity index (χ0v) is 10.5. The van der Waals surface area contributed by atoms with E-state index in [0.717, 1.165) is 0 Å². The normalized spacial score (nSPS) is 12.3. The first-order valence-corrected chi connectivity index (χ1v) is 5.93. The Morgan fingerprint density at radius 2 is 1.89 bits per heavy atom. The average Bonchev–Trinajstić information content (AvgIpc) is 2.39. The highest BCUT2D eigenvalue weighted by Crippen LogP contribution is 2.22. The van der Waals surface area contributed by atoms with Crippen molar-refractivity contribution in [3.8, 4) is 0 Å². The highest BCUT2D eigenvalue weighted by Gasteiger charge is 2.16. The van der Waals surface area contributed by atoms with Crippen LogP contribution in [0.15, 0.2) is 12.1 Å². The first kappa shape index (κ1) is 15.5. The lowest BCUT2D eigenvalue weighted by Crippen LogP contribution is -2.08. The molecule has 0 fully saturated rings. The van der Waals surface area contributed by atoms with Gasteiger partial charge in [0.05, 0.1) is 12.7 Å². The van der Waals surface area contributed by atoms with Gasteiger partial charge in [0, 0.05) is 6.42 Å². The number of carbonyl (C=O) groups is 1. The number of halogens is 3. The van der Waals surface area contributed by atoms with Gasteiger partial charge in [-0.3, -0.25) is 4.79 Å². The van der Waals surface area contributed by atoms with E-state index in [-0.39, 0.29) is 25.0 Å². The second-order valence-electron chi connectivity index (χ2n) is 4.07. The molecular weight excluding hydrogens is 261 g/mol. The third kappa shape index (κ3) is 4.55. The number of carbonyl (C=O) groups excluding carboxylic acids is 1. The summed E-state index contributed by atoms with van der Waals surface area (Å²) in [6.07, 6.45) is -0.698. The van der Waals surface area contributed by atoms with Crippen molar-refractivity contribution in [3.05, 3.63) is 35.1 Å². The minimum Gasteiger partial charge on any atom is -0.466 e. The molecule has 3 nitrogen and oxygen atoms in total. The minimum atomic E-state index is -1.58. The third-order valence-electron chi connectivity index (χ3n) is 2.48. The fourth-order valence-corrected chi connectivity index (χ4v) is 1.48. The second-order valence-corrected chi connectivity index (χ2v) is 4.07. The van der Waals surface area contributed by atoms with Crippen LogP contribution >= 0.6 is 0 Å². The maximum absolute atomic E-state index is 12.9. The van der Waals surface area contributed by atoms with Gasteiger partial charge in [0.1, 0.15) is 0 Å². The Morgan fingerprint density at radius 3 is 2.42 bits per heavy atom. The van der Waals surface area contributed by atoms with Crippen molar-refractivity contribution in [2.45, 2.75) is 32.3 Å². The minimum absolute atomic E-state index is 0.0486. The molecule has 0 aliphatic carbocycles. The number of aliphatic hydroxyl groups excluding tert-OH is 1.